The van der Waals surface area contributed by atoms with E-state index in [0.29, 0.717) is 24.7 Å². The molecule has 0 rings (SSSR count). The summed E-state index contributed by atoms with van der Waals surface area (Å²) in [5, 5.41) is 8.78. The maximum atomic E-state index is 11.7. The number of hydrogen-bond donors (Lipinski definition) is 1. The molecule has 0 saturated carbocycles. The highest BCUT2D eigenvalue weighted by Gasteiger charge is 1.98. The summed E-state index contributed by atoms with van der Waals surface area (Å²) >= 11 is 0. The Balaban J connectivity index is 3.58. The summed E-state index contributed by atoms with van der Waals surface area (Å²) in [6.07, 6.45) is 1.29. The maximum absolute atomic E-state index is 11.7. The molecule has 0 aromatic rings. The fraction of sp³-hybridized carbons (Fsp3) is 0.714. The minimum atomic E-state index is -0.424. The predicted octanol–water partition coefficient (Wildman–Crippen LogP) is 2.02. The van der Waals surface area contributed by atoms with Gasteiger partial charge in [-0.3, -0.25) is 0 Å². The van der Waals surface area contributed by atoms with E-state index < -0.39 is 6.10 Å². The lowest BCUT2D eigenvalue weighted by Gasteiger charge is -2.03. The summed E-state index contributed by atoms with van der Waals surface area (Å²) in [4.78, 5) is 0. The van der Waals surface area contributed by atoms with Gasteiger partial charge in [-0.05, 0) is 25.3 Å². The number of aliphatic hydroxyl groups excluding tert-OH is 1. The third-order valence-corrected chi connectivity index (χ3v) is 1.17. The topological polar surface area (TPSA) is 20.2 Å². The SMILES string of the molecule is CC/C(=C/F)C[C@H](C)O. The first-order valence-electron chi connectivity index (χ1n) is 3.16. The smallest absolute Gasteiger partial charge is 0.0859 e. The van der Waals surface area contributed by atoms with Crippen LogP contribution in [0.3, 0.4) is 0 Å². The van der Waals surface area contributed by atoms with Gasteiger partial charge in [0.15, 0.2) is 0 Å². The van der Waals surface area contributed by atoms with Gasteiger partial charge < -0.3 is 5.11 Å². The van der Waals surface area contributed by atoms with Gasteiger partial charge in [0.1, 0.15) is 0 Å². The van der Waals surface area contributed by atoms with Crippen LogP contribution in [0.5, 0.6) is 0 Å². The van der Waals surface area contributed by atoms with Gasteiger partial charge in [0.2, 0.25) is 0 Å². The summed E-state index contributed by atoms with van der Waals surface area (Å²) in [7, 11) is 0. The molecule has 0 aliphatic rings. The van der Waals surface area contributed by atoms with Crippen molar-refractivity contribution in [3.8, 4) is 0 Å². The number of hydrogen-bond acceptors (Lipinski definition) is 1. The molecular formula is C7H13FO. The van der Waals surface area contributed by atoms with Crippen molar-refractivity contribution in [2.24, 2.45) is 0 Å². The largest absolute Gasteiger partial charge is 0.393 e. The summed E-state index contributed by atoms with van der Waals surface area (Å²) < 4.78 is 11.7. The molecule has 1 atom stereocenters. The zero-order valence-corrected chi connectivity index (χ0v) is 5.89. The van der Waals surface area contributed by atoms with Crippen molar-refractivity contribution < 1.29 is 9.50 Å². The van der Waals surface area contributed by atoms with E-state index in [0.717, 1.165) is 0 Å². The van der Waals surface area contributed by atoms with Crippen LogP contribution in [-0.4, -0.2) is 11.2 Å². The Labute approximate surface area is 55.2 Å². The molecule has 1 N–H and O–H groups in total. The molecule has 0 saturated heterocycles. The van der Waals surface area contributed by atoms with E-state index in [9.17, 15) is 4.39 Å². The van der Waals surface area contributed by atoms with Crippen LogP contribution in [0.25, 0.3) is 0 Å². The van der Waals surface area contributed by atoms with E-state index in [2.05, 4.69) is 0 Å². The first kappa shape index (κ1) is 8.63. The van der Waals surface area contributed by atoms with Crippen LogP contribution >= 0.6 is 0 Å². The Kier molecular flexibility index (Phi) is 4.32. The monoisotopic (exact) mass is 132 g/mol. The van der Waals surface area contributed by atoms with Gasteiger partial charge in [-0.2, -0.15) is 0 Å². The van der Waals surface area contributed by atoms with Crippen molar-refractivity contribution in [1.82, 2.24) is 0 Å². The molecule has 0 spiro atoms. The van der Waals surface area contributed by atoms with Crippen molar-refractivity contribution in [3.63, 3.8) is 0 Å². The van der Waals surface area contributed by atoms with Crippen molar-refractivity contribution in [3.05, 3.63) is 11.9 Å². The molecule has 0 bridgehead atoms. The molecule has 0 radical (unpaired) electrons. The molecule has 0 aromatic carbocycles. The summed E-state index contributed by atoms with van der Waals surface area (Å²) in [5.74, 6) is 0. The van der Waals surface area contributed by atoms with E-state index in [-0.39, 0.29) is 0 Å². The van der Waals surface area contributed by atoms with Crippen LogP contribution in [0.1, 0.15) is 26.7 Å². The maximum Gasteiger partial charge on any atom is 0.0859 e. The zero-order valence-electron chi connectivity index (χ0n) is 5.89. The van der Waals surface area contributed by atoms with Crippen LogP contribution in [0.4, 0.5) is 4.39 Å². The number of aliphatic hydroxyl groups is 1. The Morgan fingerprint density at radius 3 is 2.44 bits per heavy atom. The highest BCUT2D eigenvalue weighted by Crippen LogP contribution is 2.08. The van der Waals surface area contributed by atoms with Crippen LogP contribution in [-0.2, 0) is 0 Å². The van der Waals surface area contributed by atoms with E-state index in [1.54, 1.807) is 6.92 Å². The molecule has 0 aliphatic carbocycles. The predicted molar refractivity (Wildman–Crippen MR) is 35.8 cm³/mol. The lowest BCUT2D eigenvalue weighted by atomic mass is 10.1. The highest BCUT2D eigenvalue weighted by atomic mass is 19.1. The lowest BCUT2D eigenvalue weighted by molar-refractivity contribution is 0.194. The van der Waals surface area contributed by atoms with Crippen molar-refractivity contribution >= 4 is 0 Å². The van der Waals surface area contributed by atoms with E-state index >= 15 is 0 Å². The molecule has 0 amide bonds. The van der Waals surface area contributed by atoms with Gasteiger partial charge in [0.05, 0.1) is 12.4 Å². The summed E-state index contributed by atoms with van der Waals surface area (Å²) in [6, 6.07) is 0. The standard InChI is InChI=1S/C7H13FO/c1-3-7(5-8)4-6(2)9/h5-6,9H,3-4H2,1-2H3/b7-5-/t6-/m0/s1. The summed E-state index contributed by atoms with van der Waals surface area (Å²) in [5.41, 5.74) is 0.671. The third kappa shape index (κ3) is 4.15. The highest BCUT2D eigenvalue weighted by molar-refractivity contribution is 4.97. The Bertz CT molecular complexity index is 97.1. The molecule has 0 aromatic heterocycles. The lowest BCUT2D eigenvalue weighted by Crippen LogP contribution is -2.00. The van der Waals surface area contributed by atoms with Crippen LogP contribution < -0.4 is 0 Å². The average Bonchev–Trinajstić information content (AvgIpc) is 1.82. The molecule has 2 heteroatoms. The Morgan fingerprint density at radius 2 is 2.33 bits per heavy atom. The molecule has 0 aliphatic heterocycles. The van der Waals surface area contributed by atoms with Crippen LogP contribution in [0.15, 0.2) is 11.9 Å². The van der Waals surface area contributed by atoms with Crippen molar-refractivity contribution in [2.45, 2.75) is 32.8 Å². The molecule has 54 valence electrons. The Hall–Kier alpha value is -0.370. The number of rotatable bonds is 3. The third-order valence-electron chi connectivity index (χ3n) is 1.17. The molecule has 0 unspecified atom stereocenters. The second-order valence-electron chi connectivity index (χ2n) is 2.17. The zero-order chi connectivity index (χ0) is 7.28. The van der Waals surface area contributed by atoms with Gasteiger partial charge in [-0.25, -0.2) is 4.39 Å². The van der Waals surface area contributed by atoms with Gasteiger partial charge in [0.25, 0.3) is 0 Å². The first-order chi connectivity index (χ1) is 4.20. The molecule has 9 heavy (non-hydrogen) atoms. The van der Waals surface area contributed by atoms with Crippen LogP contribution in [0.2, 0.25) is 0 Å². The van der Waals surface area contributed by atoms with E-state index in [4.69, 9.17) is 5.11 Å². The van der Waals surface area contributed by atoms with Crippen molar-refractivity contribution in [1.29, 1.82) is 0 Å². The fourth-order valence-corrected chi connectivity index (χ4v) is 0.645. The fourth-order valence-electron chi connectivity index (χ4n) is 0.645. The van der Waals surface area contributed by atoms with Crippen LogP contribution in [0, 0.1) is 0 Å². The molecule has 1 nitrogen and oxygen atoms in total. The first-order valence-corrected chi connectivity index (χ1v) is 3.16. The van der Waals surface area contributed by atoms with Gasteiger partial charge in [-0.15, -0.1) is 0 Å². The minimum absolute atomic E-state index is 0.424. The van der Waals surface area contributed by atoms with E-state index in [1.807, 2.05) is 6.92 Å². The minimum Gasteiger partial charge on any atom is -0.393 e. The average molecular weight is 132 g/mol. The quantitative estimate of drug-likeness (QED) is 0.622. The van der Waals surface area contributed by atoms with Gasteiger partial charge in [0, 0.05) is 0 Å². The van der Waals surface area contributed by atoms with Crippen molar-refractivity contribution in [2.75, 3.05) is 0 Å². The van der Waals surface area contributed by atoms with Gasteiger partial charge in [-0.1, -0.05) is 6.92 Å². The summed E-state index contributed by atoms with van der Waals surface area (Å²) in [6.45, 7) is 3.52. The molecular weight excluding hydrogens is 119 g/mol. The number of halogens is 1. The second kappa shape index (κ2) is 4.50. The van der Waals surface area contributed by atoms with Gasteiger partial charge >= 0.3 is 0 Å². The second-order valence-corrected chi connectivity index (χ2v) is 2.17. The van der Waals surface area contributed by atoms with E-state index in [1.165, 1.54) is 0 Å². The Morgan fingerprint density at radius 1 is 1.78 bits per heavy atom. The normalized spacial score (nSPS) is 15.8. The molecule has 0 fully saturated rings. The molecule has 0 heterocycles.